The molecule has 0 saturated carbocycles. The number of hydrogen-bond acceptors (Lipinski definition) is 3. The minimum atomic E-state index is -0.592. The van der Waals surface area contributed by atoms with E-state index in [1.165, 1.54) is 0 Å². The van der Waals surface area contributed by atoms with Gasteiger partial charge < -0.3 is 14.3 Å². The van der Waals surface area contributed by atoms with E-state index < -0.39 is 11.2 Å². The molecule has 1 heterocycles. The van der Waals surface area contributed by atoms with E-state index in [1.54, 1.807) is 0 Å². The smallest absolute Gasteiger partial charge is 0.165 e. The monoisotopic (exact) mass is 298 g/mol. The molecule has 0 bridgehead atoms. The molecule has 22 heavy (non-hydrogen) atoms. The predicted octanol–water partition coefficient (Wildman–Crippen LogP) is 3.50. The van der Waals surface area contributed by atoms with Crippen LogP contribution in [-0.2, 0) is 19.7 Å². The summed E-state index contributed by atoms with van der Waals surface area (Å²) < 4.78 is 11.4. The van der Waals surface area contributed by atoms with Gasteiger partial charge in [-0.15, -0.1) is 6.58 Å². The first-order valence-electron chi connectivity index (χ1n) is 7.78. The lowest BCUT2D eigenvalue weighted by molar-refractivity contribution is -0.151. The van der Waals surface area contributed by atoms with Gasteiger partial charge in [0.15, 0.2) is 5.79 Å². The number of carbonyl (C=O) groups is 1. The molecule has 0 N–H and O–H groups in total. The molecule has 1 aliphatic heterocycles. The Kier molecular flexibility index (Phi) is 4.02. The lowest BCUT2D eigenvalue weighted by atomic mass is 9.64. The van der Waals surface area contributed by atoms with Crippen LogP contribution in [0.2, 0.25) is 0 Å². The maximum Gasteiger partial charge on any atom is 0.165 e. The maximum absolute atomic E-state index is 12.2. The Morgan fingerprint density at radius 1 is 1.27 bits per heavy atom. The largest absolute Gasteiger partial charge is 0.348 e. The van der Waals surface area contributed by atoms with Crippen LogP contribution in [-0.4, -0.2) is 25.3 Å². The van der Waals surface area contributed by atoms with Gasteiger partial charge in [0.05, 0.1) is 18.6 Å². The Morgan fingerprint density at radius 3 is 2.68 bits per heavy atom. The van der Waals surface area contributed by atoms with Crippen molar-refractivity contribution in [1.29, 1.82) is 0 Å². The molecular formula is C19H22O3. The van der Waals surface area contributed by atoms with Gasteiger partial charge in [-0.1, -0.05) is 42.5 Å². The van der Waals surface area contributed by atoms with E-state index in [0.717, 1.165) is 17.4 Å². The minimum Gasteiger partial charge on any atom is -0.348 e. The fourth-order valence-corrected chi connectivity index (χ4v) is 3.55. The topological polar surface area (TPSA) is 35.5 Å². The van der Waals surface area contributed by atoms with E-state index in [-0.39, 0.29) is 5.92 Å². The molecule has 1 aliphatic carbocycles. The summed E-state index contributed by atoms with van der Waals surface area (Å²) in [7, 11) is 0. The first kappa shape index (κ1) is 15.2. The number of rotatable bonds is 5. The van der Waals surface area contributed by atoms with Crippen molar-refractivity contribution in [2.75, 3.05) is 13.2 Å². The minimum absolute atomic E-state index is 0.00935. The van der Waals surface area contributed by atoms with Gasteiger partial charge >= 0.3 is 0 Å². The highest BCUT2D eigenvalue weighted by molar-refractivity contribution is 5.77. The molecule has 1 aromatic carbocycles. The van der Waals surface area contributed by atoms with Crippen molar-refractivity contribution < 1.29 is 14.3 Å². The third kappa shape index (κ3) is 2.44. The van der Waals surface area contributed by atoms with Crippen LogP contribution in [0.4, 0.5) is 0 Å². The van der Waals surface area contributed by atoms with Crippen LogP contribution in [0.25, 0.3) is 6.08 Å². The quantitative estimate of drug-likeness (QED) is 0.616. The molecule has 3 rings (SSSR count). The number of benzene rings is 1. The lowest BCUT2D eigenvalue weighted by Gasteiger charge is -2.39. The van der Waals surface area contributed by atoms with Crippen molar-refractivity contribution in [3.05, 3.63) is 54.1 Å². The van der Waals surface area contributed by atoms with E-state index in [0.29, 0.717) is 26.1 Å². The highest BCUT2D eigenvalue weighted by Gasteiger charge is 2.43. The van der Waals surface area contributed by atoms with Crippen LogP contribution < -0.4 is 0 Å². The standard InChI is InChI=1S/C19H22O3/c1-3-16-9-8-15-6-4-5-7-17(15)19(16,14-20)11-10-18(2)21-12-13-22-18/h3-9,14,16H,1,10-13H2,2H3/t16-,19-/m0/s1. The molecule has 0 aromatic heterocycles. The number of aldehydes is 1. The number of allylic oxidation sites excluding steroid dienone is 2. The number of fused-ring (bicyclic) bond motifs is 1. The van der Waals surface area contributed by atoms with E-state index in [1.807, 2.05) is 37.3 Å². The molecule has 1 aromatic rings. The second-order valence-corrected chi connectivity index (χ2v) is 6.20. The van der Waals surface area contributed by atoms with Crippen molar-refractivity contribution >= 4 is 12.4 Å². The highest BCUT2D eigenvalue weighted by atomic mass is 16.7. The predicted molar refractivity (Wildman–Crippen MR) is 86.4 cm³/mol. The van der Waals surface area contributed by atoms with Gasteiger partial charge in [-0.3, -0.25) is 0 Å². The van der Waals surface area contributed by atoms with Crippen molar-refractivity contribution in [2.45, 2.75) is 31.0 Å². The summed E-state index contributed by atoms with van der Waals surface area (Å²) in [6.45, 7) is 7.11. The maximum atomic E-state index is 12.2. The number of ether oxygens (including phenoxy) is 2. The highest BCUT2D eigenvalue weighted by Crippen LogP contribution is 2.44. The average Bonchev–Trinajstić information content (AvgIpc) is 2.99. The van der Waals surface area contributed by atoms with Crippen LogP contribution in [0.1, 0.15) is 30.9 Å². The Labute approximate surface area is 131 Å². The zero-order valence-corrected chi connectivity index (χ0v) is 13.0. The van der Waals surface area contributed by atoms with Gasteiger partial charge in [0.2, 0.25) is 0 Å². The SMILES string of the molecule is C=C[C@H]1C=Cc2ccccc2[C@]1(C=O)CCC1(C)OCCO1. The molecule has 1 saturated heterocycles. The Balaban J connectivity index is 1.96. The summed E-state index contributed by atoms with van der Waals surface area (Å²) in [6, 6.07) is 8.08. The fraction of sp³-hybridized carbons (Fsp3) is 0.421. The molecule has 3 heteroatoms. The van der Waals surface area contributed by atoms with E-state index in [4.69, 9.17) is 9.47 Å². The first-order chi connectivity index (χ1) is 10.6. The van der Waals surface area contributed by atoms with Crippen molar-refractivity contribution in [1.82, 2.24) is 0 Å². The van der Waals surface area contributed by atoms with Crippen LogP contribution in [0.5, 0.6) is 0 Å². The van der Waals surface area contributed by atoms with Crippen LogP contribution in [0.3, 0.4) is 0 Å². The van der Waals surface area contributed by atoms with Gasteiger partial charge in [0, 0.05) is 12.3 Å². The van der Waals surface area contributed by atoms with Gasteiger partial charge in [0.25, 0.3) is 0 Å². The third-order valence-electron chi connectivity index (χ3n) is 4.90. The molecule has 2 aliphatic rings. The van der Waals surface area contributed by atoms with Crippen LogP contribution >= 0.6 is 0 Å². The summed E-state index contributed by atoms with van der Waals surface area (Å²) in [4.78, 5) is 12.2. The van der Waals surface area contributed by atoms with Gasteiger partial charge in [-0.2, -0.15) is 0 Å². The molecule has 0 amide bonds. The number of carbonyl (C=O) groups excluding carboxylic acids is 1. The summed E-state index contributed by atoms with van der Waals surface area (Å²) in [6.07, 6.45) is 8.44. The molecule has 3 nitrogen and oxygen atoms in total. The third-order valence-corrected chi connectivity index (χ3v) is 4.90. The van der Waals surface area contributed by atoms with Gasteiger partial charge in [0.1, 0.15) is 6.29 Å². The second-order valence-electron chi connectivity index (χ2n) is 6.20. The van der Waals surface area contributed by atoms with Crippen molar-refractivity contribution in [3.8, 4) is 0 Å². The molecule has 0 radical (unpaired) electrons. The summed E-state index contributed by atoms with van der Waals surface area (Å²) >= 11 is 0. The van der Waals surface area contributed by atoms with E-state index in [9.17, 15) is 4.79 Å². The van der Waals surface area contributed by atoms with Gasteiger partial charge in [-0.05, 0) is 24.5 Å². The Hall–Kier alpha value is -1.71. The van der Waals surface area contributed by atoms with Crippen molar-refractivity contribution in [2.24, 2.45) is 5.92 Å². The van der Waals surface area contributed by atoms with Gasteiger partial charge in [-0.25, -0.2) is 0 Å². The average molecular weight is 298 g/mol. The van der Waals surface area contributed by atoms with Crippen LogP contribution in [0, 0.1) is 5.92 Å². The molecule has 2 atom stereocenters. The molecular weight excluding hydrogens is 276 g/mol. The fourth-order valence-electron chi connectivity index (χ4n) is 3.55. The molecule has 0 spiro atoms. The second kappa shape index (κ2) is 5.82. The Morgan fingerprint density at radius 2 is 2.00 bits per heavy atom. The lowest BCUT2D eigenvalue weighted by Crippen LogP contribution is -2.40. The van der Waals surface area contributed by atoms with Crippen LogP contribution in [0.15, 0.2) is 43.0 Å². The molecule has 116 valence electrons. The molecule has 0 unspecified atom stereocenters. The van der Waals surface area contributed by atoms with E-state index >= 15 is 0 Å². The molecule has 1 fully saturated rings. The summed E-state index contributed by atoms with van der Waals surface area (Å²) in [5.41, 5.74) is 1.58. The number of hydrogen-bond donors (Lipinski definition) is 0. The summed E-state index contributed by atoms with van der Waals surface area (Å²) in [5.74, 6) is -0.595. The first-order valence-corrected chi connectivity index (χ1v) is 7.78. The zero-order chi connectivity index (χ0) is 15.6. The Bertz CT molecular complexity index is 598. The van der Waals surface area contributed by atoms with E-state index in [2.05, 4.69) is 18.7 Å². The normalized spacial score (nSPS) is 29.0. The zero-order valence-electron chi connectivity index (χ0n) is 13.0. The van der Waals surface area contributed by atoms with Crippen molar-refractivity contribution in [3.63, 3.8) is 0 Å². The summed E-state index contributed by atoms with van der Waals surface area (Å²) in [5, 5.41) is 0.